The Hall–Kier alpha value is -1.55. The highest BCUT2D eigenvalue weighted by Crippen LogP contribution is 2.22. The van der Waals surface area contributed by atoms with Gasteiger partial charge in [-0.3, -0.25) is 4.79 Å². The summed E-state index contributed by atoms with van der Waals surface area (Å²) in [6, 6.07) is 6.31. The number of ether oxygens (including phenoxy) is 1. The minimum Gasteiger partial charge on any atom is -0.490 e. The van der Waals surface area contributed by atoms with Gasteiger partial charge in [-0.25, -0.2) is 0 Å². The Morgan fingerprint density at radius 3 is 2.59 bits per heavy atom. The quantitative estimate of drug-likeness (QED) is 0.932. The zero-order valence-electron chi connectivity index (χ0n) is 13.6. The number of nitrogens with one attached hydrogen (secondary N) is 1. The van der Waals surface area contributed by atoms with Crippen LogP contribution in [0.4, 0.5) is 0 Å². The van der Waals surface area contributed by atoms with Gasteiger partial charge in [0, 0.05) is 25.9 Å². The van der Waals surface area contributed by atoms with E-state index in [1.54, 1.807) is 0 Å². The van der Waals surface area contributed by atoms with Crippen LogP contribution < -0.4 is 10.1 Å². The number of nitrogens with zero attached hydrogens (tertiary/aromatic N) is 1. The third kappa shape index (κ3) is 3.43. The van der Waals surface area contributed by atoms with Crippen LogP contribution in [0, 0.1) is 13.8 Å². The Morgan fingerprint density at radius 1 is 1.18 bits per heavy atom. The summed E-state index contributed by atoms with van der Waals surface area (Å²) in [5.74, 6) is 1.23. The SMILES string of the molecule is Cc1ccc(OC2CCN(C(=O)C3CCCN3)CC2)cc1C. The van der Waals surface area contributed by atoms with Crippen LogP contribution in [0.15, 0.2) is 18.2 Å². The van der Waals surface area contributed by atoms with Crippen LogP contribution in [0.5, 0.6) is 5.75 Å². The van der Waals surface area contributed by atoms with Gasteiger partial charge in [0.15, 0.2) is 0 Å². The van der Waals surface area contributed by atoms with Crippen LogP contribution in [0.3, 0.4) is 0 Å². The number of piperidine rings is 1. The lowest BCUT2D eigenvalue weighted by Crippen LogP contribution is -2.48. The highest BCUT2D eigenvalue weighted by molar-refractivity contribution is 5.82. The number of likely N-dealkylation sites (tertiary alicyclic amines) is 1. The third-order valence-corrected chi connectivity index (χ3v) is 4.89. The minimum absolute atomic E-state index is 0.0530. The molecule has 2 heterocycles. The van der Waals surface area contributed by atoms with Gasteiger partial charge in [-0.1, -0.05) is 6.07 Å². The lowest BCUT2D eigenvalue weighted by atomic mass is 10.1. The topological polar surface area (TPSA) is 41.6 Å². The van der Waals surface area contributed by atoms with Gasteiger partial charge in [0.2, 0.25) is 5.91 Å². The molecule has 1 aromatic carbocycles. The lowest BCUT2D eigenvalue weighted by molar-refractivity contribution is -0.134. The van der Waals surface area contributed by atoms with E-state index in [1.165, 1.54) is 11.1 Å². The molecule has 1 amide bonds. The molecule has 2 aliphatic heterocycles. The molecule has 0 radical (unpaired) electrons. The van der Waals surface area contributed by atoms with Gasteiger partial charge in [-0.15, -0.1) is 0 Å². The second kappa shape index (κ2) is 6.69. The molecule has 4 nitrogen and oxygen atoms in total. The first-order chi connectivity index (χ1) is 10.6. The average molecular weight is 302 g/mol. The molecule has 0 aliphatic carbocycles. The molecule has 0 spiro atoms. The molecule has 2 saturated heterocycles. The van der Waals surface area contributed by atoms with E-state index < -0.39 is 0 Å². The second-order valence-electron chi connectivity index (χ2n) is 6.54. The predicted octanol–water partition coefficient (Wildman–Crippen LogP) is 2.43. The number of amides is 1. The number of benzene rings is 1. The highest BCUT2D eigenvalue weighted by Gasteiger charge is 2.30. The molecule has 120 valence electrons. The zero-order chi connectivity index (χ0) is 15.5. The van der Waals surface area contributed by atoms with E-state index in [9.17, 15) is 4.79 Å². The van der Waals surface area contributed by atoms with Crippen LogP contribution in [0.25, 0.3) is 0 Å². The summed E-state index contributed by atoms with van der Waals surface area (Å²) in [5, 5.41) is 3.29. The zero-order valence-corrected chi connectivity index (χ0v) is 13.6. The maximum atomic E-state index is 12.4. The molecular weight excluding hydrogens is 276 g/mol. The van der Waals surface area contributed by atoms with Crippen molar-refractivity contribution in [3.05, 3.63) is 29.3 Å². The van der Waals surface area contributed by atoms with E-state index in [0.29, 0.717) is 0 Å². The van der Waals surface area contributed by atoms with Crippen LogP contribution >= 0.6 is 0 Å². The molecule has 1 N–H and O–H groups in total. The largest absolute Gasteiger partial charge is 0.490 e. The van der Waals surface area contributed by atoms with Crippen molar-refractivity contribution in [2.75, 3.05) is 19.6 Å². The molecule has 4 heteroatoms. The summed E-state index contributed by atoms with van der Waals surface area (Å²) in [7, 11) is 0. The maximum absolute atomic E-state index is 12.4. The summed E-state index contributed by atoms with van der Waals surface area (Å²) in [6.07, 6.45) is 4.17. The van der Waals surface area contributed by atoms with Gasteiger partial charge in [0.1, 0.15) is 11.9 Å². The maximum Gasteiger partial charge on any atom is 0.239 e. The number of aryl methyl sites for hydroxylation is 2. The van der Waals surface area contributed by atoms with Gasteiger partial charge in [0.05, 0.1) is 6.04 Å². The first kappa shape index (κ1) is 15.3. The van der Waals surface area contributed by atoms with E-state index in [0.717, 1.165) is 51.1 Å². The number of hydrogen-bond acceptors (Lipinski definition) is 3. The second-order valence-corrected chi connectivity index (χ2v) is 6.54. The van der Waals surface area contributed by atoms with Crippen LogP contribution in [0.1, 0.15) is 36.8 Å². The van der Waals surface area contributed by atoms with Gasteiger partial charge >= 0.3 is 0 Å². The predicted molar refractivity (Wildman–Crippen MR) is 87.2 cm³/mol. The summed E-state index contributed by atoms with van der Waals surface area (Å²) in [4.78, 5) is 14.4. The number of rotatable bonds is 3. The Morgan fingerprint density at radius 2 is 1.95 bits per heavy atom. The smallest absolute Gasteiger partial charge is 0.239 e. The number of carbonyl (C=O) groups is 1. The van der Waals surface area contributed by atoms with E-state index >= 15 is 0 Å². The van der Waals surface area contributed by atoms with E-state index in [-0.39, 0.29) is 18.1 Å². The van der Waals surface area contributed by atoms with E-state index in [1.807, 2.05) is 11.0 Å². The fourth-order valence-corrected chi connectivity index (χ4v) is 3.29. The van der Waals surface area contributed by atoms with Crippen molar-refractivity contribution in [3.63, 3.8) is 0 Å². The van der Waals surface area contributed by atoms with Crippen molar-refractivity contribution < 1.29 is 9.53 Å². The third-order valence-electron chi connectivity index (χ3n) is 4.89. The van der Waals surface area contributed by atoms with Crippen LogP contribution in [-0.2, 0) is 4.79 Å². The van der Waals surface area contributed by atoms with Gasteiger partial charge in [-0.05, 0) is 56.5 Å². The summed E-state index contributed by atoms with van der Waals surface area (Å²) in [5.41, 5.74) is 2.55. The molecule has 0 saturated carbocycles. The molecule has 22 heavy (non-hydrogen) atoms. The van der Waals surface area contributed by atoms with Crippen molar-refractivity contribution in [2.24, 2.45) is 0 Å². The Kier molecular flexibility index (Phi) is 4.67. The van der Waals surface area contributed by atoms with Gasteiger partial charge in [-0.2, -0.15) is 0 Å². The average Bonchev–Trinajstić information content (AvgIpc) is 3.05. The molecule has 2 aliphatic rings. The number of hydrogen-bond donors (Lipinski definition) is 1. The van der Waals surface area contributed by atoms with Crippen molar-refractivity contribution in [2.45, 2.75) is 51.7 Å². The normalized spacial score (nSPS) is 22.8. The summed E-state index contributed by atoms with van der Waals surface area (Å²) in [6.45, 7) is 6.82. The molecule has 1 atom stereocenters. The Labute approximate surface area is 132 Å². The van der Waals surface area contributed by atoms with Crippen molar-refractivity contribution in [1.29, 1.82) is 0 Å². The first-order valence-electron chi connectivity index (χ1n) is 8.39. The fraction of sp³-hybridized carbons (Fsp3) is 0.611. The summed E-state index contributed by atoms with van der Waals surface area (Å²) >= 11 is 0. The molecule has 0 bridgehead atoms. The van der Waals surface area contributed by atoms with E-state index in [2.05, 4.69) is 31.3 Å². The molecular formula is C18H26N2O2. The lowest BCUT2D eigenvalue weighted by Gasteiger charge is -2.33. The summed E-state index contributed by atoms with van der Waals surface area (Å²) < 4.78 is 6.09. The molecule has 3 rings (SSSR count). The van der Waals surface area contributed by atoms with Crippen molar-refractivity contribution in [1.82, 2.24) is 10.2 Å². The Bertz CT molecular complexity index is 530. The van der Waals surface area contributed by atoms with E-state index in [4.69, 9.17) is 4.74 Å². The molecule has 1 aromatic rings. The monoisotopic (exact) mass is 302 g/mol. The molecule has 0 aromatic heterocycles. The van der Waals surface area contributed by atoms with Crippen molar-refractivity contribution >= 4 is 5.91 Å². The standard InChI is InChI=1S/C18H26N2O2/c1-13-5-6-16(12-14(13)2)22-15-7-10-20(11-8-15)18(21)17-4-3-9-19-17/h5-6,12,15,17,19H,3-4,7-11H2,1-2H3. The van der Waals surface area contributed by atoms with Crippen LogP contribution in [-0.4, -0.2) is 42.6 Å². The molecule has 2 fully saturated rings. The molecule has 1 unspecified atom stereocenters. The van der Waals surface area contributed by atoms with Gasteiger partial charge < -0.3 is 15.0 Å². The number of carbonyl (C=O) groups excluding carboxylic acids is 1. The van der Waals surface area contributed by atoms with Crippen LogP contribution in [0.2, 0.25) is 0 Å². The van der Waals surface area contributed by atoms with Crippen molar-refractivity contribution in [3.8, 4) is 5.75 Å². The first-order valence-corrected chi connectivity index (χ1v) is 8.39. The minimum atomic E-state index is 0.0530. The highest BCUT2D eigenvalue weighted by atomic mass is 16.5. The van der Waals surface area contributed by atoms with Gasteiger partial charge in [0.25, 0.3) is 0 Å². The Balaban J connectivity index is 1.51. The fourth-order valence-electron chi connectivity index (χ4n) is 3.29.